The molecule has 0 bridgehead atoms. The molecular formula is C51H36N2. The number of anilines is 1. The molecule has 1 aliphatic heterocycles. The van der Waals surface area contributed by atoms with E-state index in [4.69, 9.17) is 0 Å². The number of nitrogens with one attached hydrogen (secondary N) is 1. The number of rotatable bonds is 6. The summed E-state index contributed by atoms with van der Waals surface area (Å²) in [5.41, 5.74) is 18.0. The van der Waals surface area contributed by atoms with Crippen molar-refractivity contribution in [1.82, 2.24) is 4.98 Å². The van der Waals surface area contributed by atoms with Crippen LogP contribution in [0.4, 0.5) is 5.69 Å². The van der Waals surface area contributed by atoms with Crippen molar-refractivity contribution in [3.8, 4) is 33.4 Å². The summed E-state index contributed by atoms with van der Waals surface area (Å²) in [6, 6.07) is 70.6. The quantitative estimate of drug-likeness (QED) is 0.190. The first kappa shape index (κ1) is 31.0. The van der Waals surface area contributed by atoms with Gasteiger partial charge in [0.1, 0.15) is 0 Å². The highest BCUT2D eigenvalue weighted by atomic mass is 15.0. The number of hydrogen-bond acceptors (Lipinski definition) is 2. The molecule has 2 aliphatic rings. The second-order valence-electron chi connectivity index (χ2n) is 13.9. The molecule has 1 N–H and O–H groups in total. The zero-order valence-corrected chi connectivity index (χ0v) is 29.2. The molecule has 1 unspecified atom stereocenters. The Bertz CT molecular complexity index is 2570. The highest BCUT2D eigenvalue weighted by Crippen LogP contribution is 2.58. The van der Waals surface area contributed by atoms with Gasteiger partial charge in [0.2, 0.25) is 0 Å². The Kier molecular flexibility index (Phi) is 7.47. The normalized spacial score (nSPS) is 15.0. The molecule has 1 atom stereocenters. The van der Waals surface area contributed by atoms with Crippen molar-refractivity contribution < 1.29 is 0 Å². The van der Waals surface area contributed by atoms with E-state index in [-0.39, 0.29) is 6.04 Å². The van der Waals surface area contributed by atoms with Gasteiger partial charge in [-0.2, -0.15) is 0 Å². The van der Waals surface area contributed by atoms with Crippen LogP contribution in [0, 0.1) is 0 Å². The molecule has 2 heterocycles. The van der Waals surface area contributed by atoms with Crippen LogP contribution in [0.5, 0.6) is 0 Å². The average Bonchev–Trinajstić information content (AvgIpc) is 3.56. The summed E-state index contributed by atoms with van der Waals surface area (Å²) in [5.74, 6) is 0. The van der Waals surface area contributed by atoms with Crippen LogP contribution in [0.15, 0.2) is 206 Å². The van der Waals surface area contributed by atoms with E-state index in [1.807, 2.05) is 18.3 Å². The molecule has 250 valence electrons. The molecule has 0 saturated carbocycles. The Labute approximate surface area is 310 Å². The fourth-order valence-electron chi connectivity index (χ4n) is 8.70. The van der Waals surface area contributed by atoms with Crippen LogP contribution in [0.1, 0.15) is 45.1 Å². The third-order valence-electron chi connectivity index (χ3n) is 11.1. The Morgan fingerprint density at radius 1 is 0.415 bits per heavy atom. The maximum absolute atomic E-state index is 4.64. The van der Waals surface area contributed by atoms with Crippen LogP contribution in [-0.2, 0) is 5.41 Å². The largest absolute Gasteiger partial charge is 0.373 e. The predicted molar refractivity (Wildman–Crippen MR) is 219 cm³/mol. The number of para-hydroxylation sites is 1. The number of benzene rings is 7. The van der Waals surface area contributed by atoms with Crippen LogP contribution in [0.2, 0.25) is 0 Å². The molecule has 0 amide bonds. The number of fused-ring (bicyclic) bond motifs is 4. The lowest BCUT2D eigenvalue weighted by Crippen LogP contribution is -2.28. The highest BCUT2D eigenvalue weighted by molar-refractivity contribution is 5.96. The molecule has 0 spiro atoms. The van der Waals surface area contributed by atoms with E-state index in [9.17, 15) is 0 Å². The first-order chi connectivity index (χ1) is 26.3. The van der Waals surface area contributed by atoms with Gasteiger partial charge in [-0.3, -0.25) is 4.98 Å². The van der Waals surface area contributed by atoms with Gasteiger partial charge in [0.25, 0.3) is 0 Å². The molecule has 2 nitrogen and oxygen atoms in total. The van der Waals surface area contributed by atoms with Crippen LogP contribution in [-0.4, -0.2) is 4.98 Å². The second-order valence-corrected chi connectivity index (χ2v) is 13.9. The molecule has 8 aromatic rings. The molecule has 1 aromatic heterocycles. The van der Waals surface area contributed by atoms with Crippen molar-refractivity contribution in [2.24, 2.45) is 0 Å². The molecule has 0 radical (unpaired) electrons. The Hall–Kier alpha value is -6.77. The van der Waals surface area contributed by atoms with Crippen molar-refractivity contribution >= 4 is 11.3 Å². The lowest BCUT2D eigenvalue weighted by atomic mass is 9.67. The van der Waals surface area contributed by atoms with E-state index >= 15 is 0 Å². The van der Waals surface area contributed by atoms with Crippen molar-refractivity contribution in [2.75, 3.05) is 5.32 Å². The molecule has 53 heavy (non-hydrogen) atoms. The minimum atomic E-state index is -0.409. The summed E-state index contributed by atoms with van der Waals surface area (Å²) in [4.78, 5) is 4.64. The number of pyridine rings is 1. The van der Waals surface area contributed by atoms with Crippen molar-refractivity contribution in [3.63, 3.8) is 0 Å². The Balaban J connectivity index is 1.03. The smallest absolute Gasteiger partial charge is 0.0879 e. The zero-order valence-electron chi connectivity index (χ0n) is 29.2. The molecular weight excluding hydrogens is 641 g/mol. The molecule has 0 fully saturated rings. The molecule has 0 saturated heterocycles. The van der Waals surface area contributed by atoms with Gasteiger partial charge in [-0.1, -0.05) is 176 Å². The van der Waals surface area contributed by atoms with Gasteiger partial charge in [-0.05, 0) is 91.0 Å². The first-order valence-electron chi connectivity index (χ1n) is 18.3. The molecule has 1 aliphatic carbocycles. The van der Waals surface area contributed by atoms with E-state index in [1.54, 1.807) is 0 Å². The second kappa shape index (κ2) is 12.8. The third-order valence-corrected chi connectivity index (χ3v) is 11.1. The Morgan fingerprint density at radius 2 is 0.962 bits per heavy atom. The van der Waals surface area contributed by atoms with Crippen LogP contribution < -0.4 is 5.32 Å². The zero-order chi connectivity index (χ0) is 35.2. The summed E-state index contributed by atoms with van der Waals surface area (Å²) >= 11 is 0. The Morgan fingerprint density at radius 3 is 1.64 bits per heavy atom. The van der Waals surface area contributed by atoms with Crippen LogP contribution in [0.3, 0.4) is 0 Å². The summed E-state index contributed by atoms with van der Waals surface area (Å²) in [7, 11) is 0. The summed E-state index contributed by atoms with van der Waals surface area (Å²) < 4.78 is 0. The lowest BCUT2D eigenvalue weighted by Gasteiger charge is -2.34. The minimum Gasteiger partial charge on any atom is -0.373 e. The van der Waals surface area contributed by atoms with E-state index < -0.39 is 5.41 Å². The number of aromatic nitrogens is 1. The van der Waals surface area contributed by atoms with Gasteiger partial charge < -0.3 is 5.32 Å². The highest BCUT2D eigenvalue weighted by Gasteiger charge is 2.46. The predicted octanol–water partition coefficient (Wildman–Crippen LogP) is 12.4. The maximum Gasteiger partial charge on any atom is 0.0879 e. The SMILES string of the molecule is C1=C(c2ccc(-c3ccc(-c4cccc5c4-c4ccccc4C5(c4ccccc4)c4ccccc4)cc3)cc2)c2ccccc2NC1c1ccccn1. The van der Waals surface area contributed by atoms with Crippen LogP contribution in [0.25, 0.3) is 39.0 Å². The van der Waals surface area contributed by atoms with Gasteiger partial charge in [0, 0.05) is 17.4 Å². The van der Waals surface area contributed by atoms with Gasteiger partial charge in [0.05, 0.1) is 17.2 Å². The maximum atomic E-state index is 4.64. The number of nitrogens with zero attached hydrogens (tertiary/aromatic N) is 1. The first-order valence-corrected chi connectivity index (χ1v) is 18.3. The van der Waals surface area contributed by atoms with Crippen molar-refractivity contribution in [2.45, 2.75) is 11.5 Å². The van der Waals surface area contributed by atoms with E-state index in [0.717, 1.165) is 11.4 Å². The lowest BCUT2D eigenvalue weighted by molar-refractivity contribution is 0.768. The van der Waals surface area contributed by atoms with Gasteiger partial charge in [-0.15, -0.1) is 0 Å². The van der Waals surface area contributed by atoms with E-state index in [2.05, 4.69) is 198 Å². The third kappa shape index (κ3) is 5.06. The van der Waals surface area contributed by atoms with E-state index in [0.29, 0.717) is 0 Å². The molecule has 10 rings (SSSR count). The van der Waals surface area contributed by atoms with Gasteiger partial charge in [0.15, 0.2) is 0 Å². The van der Waals surface area contributed by atoms with Crippen LogP contribution >= 0.6 is 0 Å². The molecule has 7 aromatic carbocycles. The average molecular weight is 677 g/mol. The summed E-state index contributed by atoms with van der Waals surface area (Å²) in [5, 5.41) is 3.67. The fourth-order valence-corrected chi connectivity index (χ4v) is 8.70. The number of hydrogen-bond donors (Lipinski definition) is 1. The fraction of sp³-hybridized carbons (Fsp3) is 0.0392. The summed E-state index contributed by atoms with van der Waals surface area (Å²) in [6.45, 7) is 0. The molecule has 2 heteroatoms. The van der Waals surface area contributed by atoms with Gasteiger partial charge >= 0.3 is 0 Å². The monoisotopic (exact) mass is 676 g/mol. The minimum absolute atomic E-state index is 0.00488. The topological polar surface area (TPSA) is 24.9 Å². The van der Waals surface area contributed by atoms with E-state index in [1.165, 1.54) is 72.3 Å². The van der Waals surface area contributed by atoms with Gasteiger partial charge in [-0.25, -0.2) is 0 Å². The summed E-state index contributed by atoms with van der Waals surface area (Å²) in [6.07, 6.45) is 4.16. The standard InChI is InChI=1S/C51H36N2/c1-3-14-39(15-4-1)51(40-16-5-2-6-17-40)45-21-9-7-19-43(45)50-41(20-13-22-46(50)51)37-29-25-35(26-30-37)36-27-31-38(32-28-36)44-34-49(48-24-11-12-33-52-48)53-47-23-10-8-18-42(44)47/h1-34,49,53H. The van der Waals surface area contributed by atoms with Crippen molar-refractivity contribution in [1.29, 1.82) is 0 Å². The van der Waals surface area contributed by atoms with Crippen molar-refractivity contribution in [3.05, 3.63) is 245 Å².